The summed E-state index contributed by atoms with van der Waals surface area (Å²) in [7, 11) is 0. The maximum Gasteiger partial charge on any atom is 0.235 e. The first-order valence-corrected chi connectivity index (χ1v) is 6.10. The van der Waals surface area contributed by atoms with Crippen LogP contribution in [-0.2, 0) is 4.79 Å². The summed E-state index contributed by atoms with van der Waals surface area (Å²) >= 11 is 1.66. The second kappa shape index (κ2) is 5.50. The molecule has 1 rings (SSSR count). The first kappa shape index (κ1) is 10.9. The van der Waals surface area contributed by atoms with Crippen LogP contribution in [0.25, 0.3) is 0 Å². The van der Waals surface area contributed by atoms with Gasteiger partial charge in [-0.05, 0) is 12.7 Å². The van der Waals surface area contributed by atoms with Crippen molar-refractivity contribution in [1.82, 2.24) is 10.2 Å². The van der Waals surface area contributed by atoms with Gasteiger partial charge in [-0.25, -0.2) is 0 Å². The molecule has 0 radical (unpaired) electrons. The van der Waals surface area contributed by atoms with E-state index in [2.05, 4.69) is 12.2 Å². The van der Waals surface area contributed by atoms with Gasteiger partial charge in [0.1, 0.15) is 0 Å². The topological polar surface area (TPSA) is 32.3 Å². The van der Waals surface area contributed by atoms with E-state index in [9.17, 15) is 4.79 Å². The normalized spacial score (nSPS) is 20.0. The highest BCUT2D eigenvalue weighted by atomic mass is 32.2. The fourth-order valence-electron chi connectivity index (χ4n) is 1.53. The van der Waals surface area contributed by atoms with E-state index in [1.165, 1.54) is 0 Å². The van der Waals surface area contributed by atoms with Crippen LogP contribution in [0.4, 0.5) is 0 Å². The third-order valence-corrected chi connectivity index (χ3v) is 3.46. The van der Waals surface area contributed by atoms with Crippen molar-refractivity contribution >= 4 is 17.7 Å². The average Bonchev–Trinajstić information content (AvgIpc) is 2.21. The summed E-state index contributed by atoms with van der Waals surface area (Å²) in [6.07, 6.45) is 2.94. The number of carbonyl (C=O) groups is 1. The molecule has 0 bridgehead atoms. The van der Waals surface area contributed by atoms with Gasteiger partial charge < -0.3 is 10.2 Å². The molecule has 1 N–H and O–H groups in total. The number of nitrogens with zero attached hydrogens (tertiary/aromatic N) is 1. The molecule has 13 heavy (non-hydrogen) atoms. The van der Waals surface area contributed by atoms with E-state index in [0.29, 0.717) is 5.91 Å². The van der Waals surface area contributed by atoms with Gasteiger partial charge in [-0.3, -0.25) is 4.79 Å². The molecule has 0 aromatic heterocycles. The lowest BCUT2D eigenvalue weighted by Crippen LogP contribution is -2.49. The Balaban J connectivity index is 2.44. The van der Waals surface area contributed by atoms with Crippen LogP contribution >= 0.6 is 11.8 Å². The molecule has 1 heterocycles. The van der Waals surface area contributed by atoms with E-state index in [1.54, 1.807) is 11.8 Å². The molecule has 0 spiro atoms. The van der Waals surface area contributed by atoms with E-state index in [-0.39, 0.29) is 5.25 Å². The fraction of sp³-hybridized carbons (Fsp3) is 0.889. The smallest absolute Gasteiger partial charge is 0.235 e. The first-order chi connectivity index (χ1) is 6.29. The average molecular weight is 202 g/mol. The van der Waals surface area contributed by atoms with Crippen molar-refractivity contribution in [2.75, 3.05) is 32.4 Å². The van der Waals surface area contributed by atoms with E-state index < -0.39 is 0 Å². The zero-order valence-corrected chi connectivity index (χ0v) is 9.19. The van der Waals surface area contributed by atoms with Crippen molar-refractivity contribution in [2.45, 2.75) is 18.6 Å². The summed E-state index contributed by atoms with van der Waals surface area (Å²) in [4.78, 5) is 13.8. The Morgan fingerprint density at radius 2 is 2.15 bits per heavy atom. The van der Waals surface area contributed by atoms with Gasteiger partial charge in [-0.15, -0.1) is 0 Å². The standard InChI is InChI=1S/C9H18N2OS/c1-3-8(13-2)9(12)11-6-4-10-5-7-11/h8,10H,3-7H2,1-2H3/t8-/m1/s1. The summed E-state index contributed by atoms with van der Waals surface area (Å²) < 4.78 is 0. The molecular formula is C9H18N2OS. The van der Waals surface area contributed by atoms with Gasteiger partial charge >= 0.3 is 0 Å². The predicted octanol–water partition coefficient (Wildman–Crippen LogP) is 0.560. The van der Waals surface area contributed by atoms with Crippen molar-refractivity contribution in [3.63, 3.8) is 0 Å². The van der Waals surface area contributed by atoms with Crippen molar-refractivity contribution < 1.29 is 4.79 Å². The van der Waals surface area contributed by atoms with Crippen LogP contribution in [0, 0.1) is 0 Å². The summed E-state index contributed by atoms with van der Waals surface area (Å²) in [5.41, 5.74) is 0. The second-order valence-electron chi connectivity index (χ2n) is 3.21. The third kappa shape index (κ3) is 2.88. The van der Waals surface area contributed by atoms with Crippen molar-refractivity contribution in [3.05, 3.63) is 0 Å². The van der Waals surface area contributed by atoms with Crippen LogP contribution in [0.15, 0.2) is 0 Å². The Hall–Kier alpha value is -0.220. The summed E-state index contributed by atoms with van der Waals surface area (Å²) in [6, 6.07) is 0. The van der Waals surface area contributed by atoms with Gasteiger partial charge in [0.15, 0.2) is 0 Å². The molecule has 3 nitrogen and oxygen atoms in total. The highest BCUT2D eigenvalue weighted by molar-refractivity contribution is 7.99. The summed E-state index contributed by atoms with van der Waals surface area (Å²) in [5.74, 6) is 0.316. The summed E-state index contributed by atoms with van der Waals surface area (Å²) in [5, 5.41) is 3.41. The Labute approximate surface area is 84.2 Å². The van der Waals surface area contributed by atoms with Crippen LogP contribution in [-0.4, -0.2) is 48.5 Å². The molecule has 76 valence electrons. The largest absolute Gasteiger partial charge is 0.339 e. The SMILES string of the molecule is CC[C@@H](SC)C(=O)N1CCNCC1. The summed E-state index contributed by atoms with van der Waals surface area (Å²) in [6.45, 7) is 5.69. The van der Waals surface area contributed by atoms with Crippen LogP contribution < -0.4 is 5.32 Å². The molecule has 0 aromatic carbocycles. The number of nitrogens with one attached hydrogen (secondary N) is 1. The Bertz CT molecular complexity index is 165. The lowest BCUT2D eigenvalue weighted by molar-refractivity contribution is -0.131. The molecule has 1 amide bonds. The monoisotopic (exact) mass is 202 g/mol. The van der Waals surface area contributed by atoms with Crippen LogP contribution in [0.1, 0.15) is 13.3 Å². The lowest BCUT2D eigenvalue weighted by atomic mass is 10.2. The minimum absolute atomic E-state index is 0.165. The quantitative estimate of drug-likeness (QED) is 0.726. The number of piperazine rings is 1. The molecule has 1 saturated heterocycles. The molecule has 1 fully saturated rings. The molecule has 4 heteroatoms. The number of rotatable bonds is 3. The van der Waals surface area contributed by atoms with Crippen LogP contribution in [0.3, 0.4) is 0 Å². The van der Waals surface area contributed by atoms with Gasteiger partial charge in [0.25, 0.3) is 0 Å². The molecule has 1 atom stereocenters. The molecule has 0 unspecified atom stereocenters. The first-order valence-electron chi connectivity index (χ1n) is 4.82. The van der Waals surface area contributed by atoms with Crippen LogP contribution in [0.2, 0.25) is 0 Å². The zero-order valence-electron chi connectivity index (χ0n) is 8.38. The molecule has 0 aliphatic carbocycles. The van der Waals surface area contributed by atoms with Gasteiger partial charge in [0.2, 0.25) is 5.91 Å². The lowest BCUT2D eigenvalue weighted by Gasteiger charge is -2.30. The number of thioether (sulfide) groups is 1. The Morgan fingerprint density at radius 1 is 1.54 bits per heavy atom. The molecule has 1 aliphatic heterocycles. The van der Waals surface area contributed by atoms with Gasteiger partial charge in [0.05, 0.1) is 5.25 Å². The number of hydrogen-bond donors (Lipinski definition) is 1. The van der Waals surface area contributed by atoms with E-state index in [1.807, 2.05) is 11.2 Å². The molecule has 0 saturated carbocycles. The van der Waals surface area contributed by atoms with Gasteiger partial charge in [-0.2, -0.15) is 11.8 Å². The maximum atomic E-state index is 11.8. The van der Waals surface area contributed by atoms with Crippen molar-refractivity contribution in [2.24, 2.45) is 0 Å². The maximum absolute atomic E-state index is 11.8. The number of amides is 1. The van der Waals surface area contributed by atoms with Crippen molar-refractivity contribution in [3.8, 4) is 0 Å². The predicted molar refractivity (Wildman–Crippen MR) is 57.0 cm³/mol. The minimum atomic E-state index is 0.165. The van der Waals surface area contributed by atoms with Crippen molar-refractivity contribution in [1.29, 1.82) is 0 Å². The number of carbonyl (C=O) groups excluding carboxylic acids is 1. The van der Waals surface area contributed by atoms with E-state index in [0.717, 1.165) is 32.6 Å². The zero-order chi connectivity index (χ0) is 9.68. The highest BCUT2D eigenvalue weighted by Crippen LogP contribution is 2.14. The number of hydrogen-bond acceptors (Lipinski definition) is 3. The van der Waals surface area contributed by atoms with Gasteiger partial charge in [0, 0.05) is 26.2 Å². The molecule has 1 aliphatic rings. The Morgan fingerprint density at radius 3 is 2.62 bits per heavy atom. The minimum Gasteiger partial charge on any atom is -0.339 e. The third-order valence-electron chi connectivity index (χ3n) is 2.36. The fourth-order valence-corrected chi connectivity index (χ4v) is 2.21. The Kier molecular flexibility index (Phi) is 4.59. The molecule has 0 aromatic rings. The highest BCUT2D eigenvalue weighted by Gasteiger charge is 2.22. The van der Waals surface area contributed by atoms with E-state index >= 15 is 0 Å². The molecular weight excluding hydrogens is 184 g/mol. The van der Waals surface area contributed by atoms with Crippen LogP contribution in [0.5, 0.6) is 0 Å². The second-order valence-corrected chi connectivity index (χ2v) is 4.25. The van der Waals surface area contributed by atoms with Gasteiger partial charge in [-0.1, -0.05) is 6.92 Å². The van der Waals surface area contributed by atoms with E-state index in [4.69, 9.17) is 0 Å².